The van der Waals surface area contributed by atoms with Gasteiger partial charge in [0.15, 0.2) is 10.8 Å². The summed E-state index contributed by atoms with van der Waals surface area (Å²) in [5.41, 5.74) is 1.22. The van der Waals surface area contributed by atoms with Crippen molar-refractivity contribution < 1.29 is 4.79 Å². The number of nitrogens with zero attached hydrogens (tertiary/aromatic N) is 4. The molecule has 4 aliphatic rings. The van der Waals surface area contributed by atoms with Crippen molar-refractivity contribution in [2.75, 3.05) is 13.6 Å². The molecule has 0 N–H and O–H groups in total. The number of hydrogen-bond acceptors (Lipinski definition) is 5. The van der Waals surface area contributed by atoms with Crippen LogP contribution in [0.15, 0.2) is 23.8 Å². The van der Waals surface area contributed by atoms with Crippen molar-refractivity contribution in [2.24, 2.45) is 23.2 Å². The van der Waals surface area contributed by atoms with Crippen molar-refractivity contribution in [3.63, 3.8) is 0 Å². The number of likely N-dealkylation sites (N-methyl/N-ethyl adjacent to an activating group) is 1. The Labute approximate surface area is 164 Å². The lowest BCUT2D eigenvalue weighted by atomic mass is 9.49. The normalized spacial score (nSPS) is 31.2. The molecule has 2 heterocycles. The van der Waals surface area contributed by atoms with Crippen LogP contribution in [0, 0.1) is 23.2 Å². The molecule has 0 unspecified atom stereocenters. The Morgan fingerprint density at radius 1 is 1.15 bits per heavy atom. The SMILES string of the molecule is CN(CC12CC3CC(CC(C3)C1)C2)C(=O)Cc1csc(-c2ncccn2)n1. The van der Waals surface area contributed by atoms with Gasteiger partial charge >= 0.3 is 0 Å². The summed E-state index contributed by atoms with van der Waals surface area (Å²) in [5.74, 6) is 3.57. The van der Waals surface area contributed by atoms with Crippen molar-refractivity contribution in [1.29, 1.82) is 0 Å². The van der Waals surface area contributed by atoms with E-state index in [-0.39, 0.29) is 5.91 Å². The molecular formula is C21H26N4OS. The van der Waals surface area contributed by atoms with E-state index in [4.69, 9.17) is 0 Å². The molecule has 4 saturated carbocycles. The van der Waals surface area contributed by atoms with Gasteiger partial charge in [-0.15, -0.1) is 11.3 Å². The Bertz CT molecular complexity index is 798. The van der Waals surface area contributed by atoms with Crippen molar-refractivity contribution in [1.82, 2.24) is 19.9 Å². The minimum atomic E-state index is 0.177. The first-order valence-electron chi connectivity index (χ1n) is 10.0. The molecule has 4 aliphatic carbocycles. The number of thiazole rings is 1. The summed E-state index contributed by atoms with van der Waals surface area (Å²) in [5, 5.41) is 2.74. The van der Waals surface area contributed by atoms with E-state index in [0.717, 1.165) is 35.0 Å². The largest absolute Gasteiger partial charge is 0.345 e. The average Bonchev–Trinajstić information content (AvgIpc) is 3.09. The maximum atomic E-state index is 12.8. The lowest BCUT2D eigenvalue weighted by Gasteiger charge is -2.57. The van der Waals surface area contributed by atoms with Crippen molar-refractivity contribution in [3.05, 3.63) is 29.5 Å². The highest BCUT2D eigenvalue weighted by molar-refractivity contribution is 7.13. The molecular weight excluding hydrogens is 356 g/mol. The summed E-state index contributed by atoms with van der Waals surface area (Å²) in [6, 6.07) is 1.79. The minimum absolute atomic E-state index is 0.177. The van der Waals surface area contributed by atoms with Gasteiger partial charge in [0.1, 0.15) is 0 Å². The van der Waals surface area contributed by atoms with Crippen molar-refractivity contribution in [3.8, 4) is 10.8 Å². The van der Waals surface area contributed by atoms with Crippen LogP contribution in [0.4, 0.5) is 0 Å². The molecule has 2 aromatic rings. The maximum Gasteiger partial charge on any atom is 0.228 e. The first kappa shape index (κ1) is 17.3. The zero-order valence-electron chi connectivity index (χ0n) is 15.8. The number of amides is 1. The standard InChI is InChI=1S/C21H26N4OS/c1-25(13-21-9-14-5-15(10-21)7-16(6-14)11-21)18(26)8-17-12-27-20(24-17)19-22-3-2-4-23-19/h2-4,12,14-16H,5-11,13H2,1H3. The molecule has 6 heteroatoms. The minimum Gasteiger partial charge on any atom is -0.345 e. The fourth-order valence-corrected chi connectivity index (χ4v) is 7.03. The van der Waals surface area contributed by atoms with Crippen LogP contribution in [-0.4, -0.2) is 39.4 Å². The van der Waals surface area contributed by atoms with Gasteiger partial charge in [0.2, 0.25) is 5.91 Å². The van der Waals surface area contributed by atoms with Gasteiger partial charge < -0.3 is 4.90 Å². The predicted molar refractivity (Wildman–Crippen MR) is 105 cm³/mol. The first-order valence-corrected chi connectivity index (χ1v) is 10.9. The molecule has 142 valence electrons. The van der Waals surface area contributed by atoms with Crippen LogP contribution in [0.5, 0.6) is 0 Å². The number of hydrogen-bond donors (Lipinski definition) is 0. The second kappa shape index (κ2) is 6.66. The van der Waals surface area contributed by atoms with Gasteiger partial charge in [-0.2, -0.15) is 0 Å². The number of carbonyl (C=O) groups is 1. The third-order valence-corrected chi connectivity index (χ3v) is 7.69. The van der Waals surface area contributed by atoms with Crippen LogP contribution in [0.2, 0.25) is 0 Å². The number of rotatable bonds is 5. The first-order chi connectivity index (χ1) is 13.1. The van der Waals surface area contributed by atoms with Crippen LogP contribution in [0.3, 0.4) is 0 Å². The maximum absolute atomic E-state index is 12.8. The summed E-state index contributed by atoms with van der Waals surface area (Å²) >= 11 is 1.50. The Morgan fingerprint density at radius 2 is 1.78 bits per heavy atom. The van der Waals surface area contributed by atoms with Crippen LogP contribution < -0.4 is 0 Å². The summed E-state index contributed by atoms with van der Waals surface area (Å²) in [7, 11) is 1.98. The van der Waals surface area contributed by atoms with E-state index in [9.17, 15) is 4.79 Å². The van der Waals surface area contributed by atoms with Gasteiger partial charge in [0, 0.05) is 31.4 Å². The molecule has 0 aromatic carbocycles. The van der Waals surface area contributed by atoms with Gasteiger partial charge in [-0.05, 0) is 67.8 Å². The summed E-state index contributed by atoms with van der Waals surface area (Å²) in [6.07, 6.45) is 12.1. The van der Waals surface area contributed by atoms with Gasteiger partial charge in [-0.1, -0.05) is 0 Å². The smallest absolute Gasteiger partial charge is 0.228 e. The fourth-order valence-electron chi connectivity index (χ4n) is 6.27. The van der Waals surface area contributed by atoms with E-state index < -0.39 is 0 Å². The molecule has 0 spiro atoms. The average molecular weight is 383 g/mol. The molecule has 0 saturated heterocycles. The molecule has 1 amide bonds. The molecule has 5 nitrogen and oxygen atoms in total. The molecule has 27 heavy (non-hydrogen) atoms. The topological polar surface area (TPSA) is 59.0 Å². The van der Waals surface area contributed by atoms with Gasteiger partial charge in [-0.25, -0.2) is 15.0 Å². The quantitative estimate of drug-likeness (QED) is 0.789. The van der Waals surface area contributed by atoms with Crippen LogP contribution >= 0.6 is 11.3 Å². The van der Waals surface area contributed by atoms with Crippen LogP contribution in [0.1, 0.15) is 44.2 Å². The van der Waals surface area contributed by atoms with Crippen LogP contribution in [-0.2, 0) is 11.2 Å². The second-order valence-corrected chi connectivity index (χ2v) is 9.92. The Hall–Kier alpha value is -1.82. The molecule has 0 radical (unpaired) electrons. The fraction of sp³-hybridized carbons (Fsp3) is 0.619. The van der Waals surface area contributed by atoms with Gasteiger partial charge in [-0.3, -0.25) is 4.79 Å². The highest BCUT2D eigenvalue weighted by Crippen LogP contribution is 2.60. The van der Waals surface area contributed by atoms with E-state index in [1.54, 1.807) is 18.5 Å². The van der Waals surface area contributed by atoms with E-state index in [2.05, 4.69) is 15.0 Å². The molecule has 2 aromatic heterocycles. The monoisotopic (exact) mass is 382 g/mol. The van der Waals surface area contributed by atoms with Crippen LogP contribution in [0.25, 0.3) is 10.8 Å². The summed E-state index contributed by atoms with van der Waals surface area (Å²) < 4.78 is 0. The van der Waals surface area contributed by atoms with Crippen molar-refractivity contribution in [2.45, 2.75) is 44.9 Å². The molecule has 4 fully saturated rings. The van der Waals surface area contributed by atoms with E-state index in [1.165, 1.54) is 49.9 Å². The number of carbonyl (C=O) groups excluding carboxylic acids is 1. The predicted octanol–water partition coefficient (Wildman–Crippen LogP) is 3.82. The Morgan fingerprint density at radius 3 is 2.41 bits per heavy atom. The van der Waals surface area contributed by atoms with Gasteiger partial charge in [0.25, 0.3) is 0 Å². The highest BCUT2D eigenvalue weighted by Gasteiger charge is 2.51. The molecule has 4 bridgehead atoms. The lowest BCUT2D eigenvalue weighted by Crippen LogP contribution is -2.51. The Balaban J connectivity index is 1.23. The molecule has 0 aliphatic heterocycles. The van der Waals surface area contributed by atoms with E-state index >= 15 is 0 Å². The van der Waals surface area contributed by atoms with Gasteiger partial charge in [0.05, 0.1) is 12.1 Å². The zero-order valence-corrected chi connectivity index (χ0v) is 16.6. The molecule has 0 atom stereocenters. The third-order valence-electron chi connectivity index (χ3n) is 6.80. The zero-order chi connectivity index (χ0) is 18.4. The van der Waals surface area contributed by atoms with Crippen molar-refractivity contribution >= 4 is 17.2 Å². The number of aromatic nitrogens is 3. The van der Waals surface area contributed by atoms with E-state index in [1.807, 2.05) is 17.3 Å². The molecule has 6 rings (SSSR count). The summed E-state index contributed by atoms with van der Waals surface area (Å²) in [4.78, 5) is 27.9. The summed E-state index contributed by atoms with van der Waals surface area (Å²) in [6.45, 7) is 0.925. The third kappa shape index (κ3) is 3.40. The highest BCUT2D eigenvalue weighted by atomic mass is 32.1. The van der Waals surface area contributed by atoms with E-state index in [0.29, 0.717) is 17.7 Å². The lowest BCUT2D eigenvalue weighted by molar-refractivity contribution is -0.134. The Kier molecular flexibility index (Phi) is 4.26. The second-order valence-electron chi connectivity index (χ2n) is 9.06.